The Morgan fingerprint density at radius 1 is 1.18 bits per heavy atom. The molecule has 1 heterocycles. The summed E-state index contributed by atoms with van der Waals surface area (Å²) in [4.78, 5) is 8.30. The summed E-state index contributed by atoms with van der Waals surface area (Å²) in [6.07, 6.45) is 2.20. The summed E-state index contributed by atoms with van der Waals surface area (Å²) >= 11 is 11.8. The smallest absolute Gasteiger partial charge is 0.232 e. The molecule has 1 aromatic heterocycles. The lowest BCUT2D eigenvalue weighted by atomic mass is 10.1. The minimum atomic E-state index is 0. The highest BCUT2D eigenvalue weighted by Gasteiger charge is 2.05. The number of nitrogens with zero attached hydrogens (tertiary/aromatic N) is 2. The lowest BCUT2D eigenvalue weighted by molar-refractivity contribution is 0.310. The molecule has 7 nitrogen and oxygen atoms in total. The van der Waals surface area contributed by atoms with Gasteiger partial charge in [-0.15, -0.1) is 24.0 Å². The third-order valence-corrected chi connectivity index (χ3v) is 4.03. The molecule has 0 radical (unpaired) electrons. The molecule has 0 atom stereocenters. The Labute approximate surface area is 191 Å². The Kier molecular flexibility index (Phi) is 11.1. The van der Waals surface area contributed by atoms with Crippen LogP contribution in [0.5, 0.6) is 17.4 Å². The Hall–Kier alpha value is -1.65. The first kappa shape index (κ1) is 24.4. The molecule has 0 spiro atoms. The monoisotopic (exact) mass is 540 g/mol. The first-order valence-electron chi connectivity index (χ1n) is 8.22. The summed E-state index contributed by atoms with van der Waals surface area (Å²) in [5.74, 6) is 2.05. The zero-order chi connectivity index (χ0) is 19.6. The van der Waals surface area contributed by atoms with Gasteiger partial charge in [0.25, 0.3) is 0 Å². The van der Waals surface area contributed by atoms with Crippen LogP contribution in [-0.2, 0) is 6.42 Å². The minimum absolute atomic E-state index is 0. The predicted molar refractivity (Wildman–Crippen MR) is 123 cm³/mol. The van der Waals surface area contributed by atoms with E-state index < -0.39 is 0 Å². The van der Waals surface area contributed by atoms with Crippen molar-refractivity contribution in [2.45, 2.75) is 6.42 Å². The number of pyridine rings is 1. The molecule has 0 bridgehead atoms. The van der Waals surface area contributed by atoms with E-state index in [1.54, 1.807) is 20.3 Å². The van der Waals surface area contributed by atoms with Gasteiger partial charge in [-0.2, -0.15) is 0 Å². The van der Waals surface area contributed by atoms with Gasteiger partial charge in [0.05, 0.1) is 25.8 Å². The first-order valence-corrected chi connectivity index (χ1v) is 8.97. The van der Waals surface area contributed by atoms with Crippen LogP contribution in [0, 0.1) is 0 Å². The minimum Gasteiger partial charge on any atom is -0.493 e. The number of nitrogens with two attached hydrogens (primary N) is 1. The summed E-state index contributed by atoms with van der Waals surface area (Å²) in [7, 11) is 3.21. The summed E-state index contributed by atoms with van der Waals surface area (Å²) in [5, 5.41) is 3.79. The molecule has 0 amide bonds. The van der Waals surface area contributed by atoms with Crippen molar-refractivity contribution in [3.05, 3.63) is 46.1 Å². The number of aromatic nitrogens is 1. The number of guanidine groups is 1. The van der Waals surface area contributed by atoms with Gasteiger partial charge < -0.3 is 25.3 Å². The molecule has 1 aromatic carbocycles. The van der Waals surface area contributed by atoms with E-state index in [0.29, 0.717) is 53.1 Å². The Morgan fingerprint density at radius 3 is 2.61 bits per heavy atom. The molecule has 2 aromatic rings. The molecule has 2 rings (SSSR count). The number of methoxy groups -OCH3 is 2. The normalized spacial score (nSPS) is 10.8. The average molecular weight is 541 g/mol. The van der Waals surface area contributed by atoms with E-state index in [1.807, 2.05) is 18.2 Å². The van der Waals surface area contributed by atoms with Crippen LogP contribution in [0.3, 0.4) is 0 Å². The van der Waals surface area contributed by atoms with Crippen LogP contribution in [0.4, 0.5) is 0 Å². The zero-order valence-corrected chi connectivity index (χ0v) is 19.4. The van der Waals surface area contributed by atoms with Crippen LogP contribution in [0.15, 0.2) is 35.5 Å². The number of rotatable bonds is 9. The molecule has 0 aliphatic heterocycles. The lowest BCUT2D eigenvalue weighted by Gasteiger charge is -2.10. The van der Waals surface area contributed by atoms with E-state index in [0.717, 1.165) is 12.0 Å². The number of halogens is 3. The van der Waals surface area contributed by atoms with Gasteiger partial charge in [0.2, 0.25) is 5.88 Å². The summed E-state index contributed by atoms with van der Waals surface area (Å²) in [5.41, 5.74) is 6.93. The third-order valence-electron chi connectivity index (χ3n) is 3.55. The SMILES string of the molecule is COc1ccc(CCN=C(N)NCCOc2ncc(Cl)cc2Cl)cc1OC.I. The standard InChI is InChI=1S/C18H22Cl2N4O3.HI/c1-25-15-4-3-12(9-16(15)26-2)5-6-22-18(21)23-7-8-27-17-14(20)10-13(19)11-24-17;/h3-4,9-11H,5-8H2,1-2H3,(H3,21,22,23);1H. The van der Waals surface area contributed by atoms with Crippen molar-refractivity contribution in [1.82, 2.24) is 10.3 Å². The number of benzene rings is 1. The largest absolute Gasteiger partial charge is 0.493 e. The molecule has 0 fully saturated rings. The first-order chi connectivity index (χ1) is 13.0. The van der Waals surface area contributed by atoms with Crippen LogP contribution in [0.25, 0.3) is 0 Å². The van der Waals surface area contributed by atoms with Crippen LogP contribution in [0.1, 0.15) is 5.56 Å². The van der Waals surface area contributed by atoms with Gasteiger partial charge in [-0.3, -0.25) is 4.99 Å². The van der Waals surface area contributed by atoms with Crippen molar-refractivity contribution < 1.29 is 14.2 Å². The summed E-state index contributed by atoms with van der Waals surface area (Å²) < 4.78 is 16.0. The van der Waals surface area contributed by atoms with Gasteiger partial charge in [0.15, 0.2) is 17.5 Å². The number of hydrogen-bond donors (Lipinski definition) is 2. The van der Waals surface area contributed by atoms with Crippen molar-refractivity contribution in [3.63, 3.8) is 0 Å². The molecule has 0 unspecified atom stereocenters. The van der Waals surface area contributed by atoms with Gasteiger partial charge >= 0.3 is 0 Å². The molecule has 3 N–H and O–H groups in total. The second-order valence-electron chi connectivity index (χ2n) is 5.42. The second-order valence-corrected chi connectivity index (χ2v) is 6.27. The Bertz CT molecular complexity index is 793. The molecular weight excluding hydrogens is 518 g/mol. The third kappa shape index (κ3) is 7.76. The highest BCUT2D eigenvalue weighted by atomic mass is 127. The quantitative estimate of drug-likeness (QED) is 0.219. The van der Waals surface area contributed by atoms with Crippen molar-refractivity contribution in [1.29, 1.82) is 0 Å². The zero-order valence-electron chi connectivity index (χ0n) is 15.6. The highest BCUT2D eigenvalue weighted by molar-refractivity contribution is 14.0. The molecule has 0 aliphatic carbocycles. The van der Waals surface area contributed by atoms with Gasteiger partial charge in [-0.25, -0.2) is 4.98 Å². The van der Waals surface area contributed by atoms with Crippen molar-refractivity contribution in [2.24, 2.45) is 10.7 Å². The Balaban J connectivity index is 0.00000392. The van der Waals surface area contributed by atoms with E-state index in [4.69, 9.17) is 43.1 Å². The topological polar surface area (TPSA) is 91.0 Å². The number of nitrogens with one attached hydrogen (secondary N) is 1. The molecule has 0 aliphatic rings. The van der Waals surface area contributed by atoms with E-state index in [9.17, 15) is 0 Å². The lowest BCUT2D eigenvalue weighted by Crippen LogP contribution is -2.35. The van der Waals surface area contributed by atoms with E-state index in [-0.39, 0.29) is 24.0 Å². The fourth-order valence-corrected chi connectivity index (χ4v) is 2.67. The summed E-state index contributed by atoms with van der Waals surface area (Å²) in [6, 6.07) is 7.33. The Morgan fingerprint density at radius 2 is 1.93 bits per heavy atom. The van der Waals surface area contributed by atoms with E-state index in [2.05, 4.69) is 15.3 Å². The summed E-state index contributed by atoms with van der Waals surface area (Å²) in [6.45, 7) is 1.34. The van der Waals surface area contributed by atoms with Crippen molar-refractivity contribution in [3.8, 4) is 17.4 Å². The number of hydrogen-bond acceptors (Lipinski definition) is 5. The maximum atomic E-state index is 5.98. The van der Waals surface area contributed by atoms with E-state index in [1.165, 1.54) is 6.20 Å². The highest BCUT2D eigenvalue weighted by Crippen LogP contribution is 2.27. The fraction of sp³-hybridized carbons (Fsp3) is 0.333. The van der Waals surface area contributed by atoms with Gasteiger partial charge in [-0.1, -0.05) is 29.3 Å². The van der Waals surface area contributed by atoms with Gasteiger partial charge in [0, 0.05) is 12.7 Å². The maximum absolute atomic E-state index is 5.98. The van der Waals surface area contributed by atoms with Gasteiger partial charge in [-0.05, 0) is 30.2 Å². The molecule has 28 heavy (non-hydrogen) atoms. The van der Waals surface area contributed by atoms with Crippen molar-refractivity contribution in [2.75, 3.05) is 33.9 Å². The fourth-order valence-electron chi connectivity index (χ4n) is 2.23. The molecular formula is C18H23Cl2IN4O3. The molecule has 0 saturated heterocycles. The van der Waals surface area contributed by atoms with Crippen LogP contribution in [-0.4, -0.2) is 44.9 Å². The van der Waals surface area contributed by atoms with Crippen LogP contribution in [0.2, 0.25) is 10.0 Å². The predicted octanol–water partition coefficient (Wildman–Crippen LogP) is 3.55. The number of aliphatic imine (C=N–C) groups is 1. The van der Waals surface area contributed by atoms with E-state index >= 15 is 0 Å². The number of ether oxygens (including phenoxy) is 3. The molecule has 0 saturated carbocycles. The van der Waals surface area contributed by atoms with Crippen LogP contribution >= 0.6 is 47.2 Å². The second kappa shape index (κ2) is 12.7. The van der Waals surface area contributed by atoms with Crippen LogP contribution < -0.4 is 25.3 Å². The molecule has 10 heteroatoms. The maximum Gasteiger partial charge on any atom is 0.232 e. The van der Waals surface area contributed by atoms with Gasteiger partial charge in [0.1, 0.15) is 11.6 Å². The molecule has 154 valence electrons. The average Bonchev–Trinajstić information content (AvgIpc) is 2.66. The van der Waals surface area contributed by atoms with Crippen molar-refractivity contribution >= 4 is 53.1 Å².